The summed E-state index contributed by atoms with van der Waals surface area (Å²) in [6.45, 7) is 4.14. The first-order valence-corrected chi connectivity index (χ1v) is 10.2. The number of likely N-dealkylation sites (N-methyl/N-ethyl adjacent to an activating group) is 1. The number of fused-ring (bicyclic) bond motifs is 1. The minimum atomic E-state index is -0.556. The molecule has 0 aromatic heterocycles. The lowest BCUT2D eigenvalue weighted by Crippen LogP contribution is -2.49. The van der Waals surface area contributed by atoms with Gasteiger partial charge in [0.15, 0.2) is 6.61 Å². The molecule has 0 saturated heterocycles. The van der Waals surface area contributed by atoms with Gasteiger partial charge >= 0.3 is 0 Å². The Balaban J connectivity index is 1.81. The molecule has 2 amide bonds. The third-order valence-electron chi connectivity index (χ3n) is 5.21. The van der Waals surface area contributed by atoms with Gasteiger partial charge in [0.1, 0.15) is 11.8 Å². The highest BCUT2D eigenvalue weighted by Crippen LogP contribution is 2.25. The molecule has 0 aliphatic rings. The van der Waals surface area contributed by atoms with Gasteiger partial charge in [-0.3, -0.25) is 9.59 Å². The molecule has 0 fully saturated rings. The standard InChI is InChI=1S/C25H28N2O3/c1-4-22(25(29)26-3)27(16-19-14-12-18(2)13-15-19)24(28)17-30-23-11-7-9-20-8-5-6-10-21(20)23/h5-15,22H,4,16-17H2,1-3H3,(H,26,29). The van der Waals surface area contributed by atoms with E-state index in [1.807, 2.05) is 80.6 Å². The molecule has 1 unspecified atom stereocenters. The zero-order valence-electron chi connectivity index (χ0n) is 17.7. The van der Waals surface area contributed by atoms with E-state index in [0.717, 1.165) is 21.9 Å². The fourth-order valence-corrected chi connectivity index (χ4v) is 3.52. The van der Waals surface area contributed by atoms with Crippen molar-refractivity contribution in [2.45, 2.75) is 32.9 Å². The van der Waals surface area contributed by atoms with Gasteiger partial charge in [0.25, 0.3) is 5.91 Å². The molecule has 0 aliphatic heterocycles. The molecule has 0 spiro atoms. The van der Waals surface area contributed by atoms with E-state index >= 15 is 0 Å². The summed E-state index contributed by atoms with van der Waals surface area (Å²) in [7, 11) is 1.59. The molecule has 5 heteroatoms. The SMILES string of the molecule is CCC(C(=O)NC)N(Cc1ccc(C)cc1)C(=O)COc1cccc2ccccc12. The predicted molar refractivity (Wildman–Crippen MR) is 119 cm³/mol. The summed E-state index contributed by atoms with van der Waals surface area (Å²) in [6, 6.07) is 21.1. The predicted octanol–water partition coefficient (Wildman–Crippen LogP) is 4.08. The molecular formula is C25H28N2O3. The van der Waals surface area contributed by atoms with Crippen LogP contribution in [-0.2, 0) is 16.1 Å². The van der Waals surface area contributed by atoms with Crippen molar-refractivity contribution in [2.75, 3.05) is 13.7 Å². The molecule has 3 aromatic rings. The summed E-state index contributed by atoms with van der Waals surface area (Å²) >= 11 is 0. The van der Waals surface area contributed by atoms with E-state index in [2.05, 4.69) is 5.32 Å². The lowest BCUT2D eigenvalue weighted by molar-refractivity contribution is -0.142. The highest BCUT2D eigenvalue weighted by Gasteiger charge is 2.28. The summed E-state index contributed by atoms with van der Waals surface area (Å²) in [6.07, 6.45) is 0.519. The van der Waals surface area contributed by atoms with Crippen LogP contribution in [0.15, 0.2) is 66.7 Å². The molecule has 156 valence electrons. The van der Waals surface area contributed by atoms with Crippen molar-refractivity contribution >= 4 is 22.6 Å². The maximum atomic E-state index is 13.2. The molecule has 1 N–H and O–H groups in total. The summed E-state index contributed by atoms with van der Waals surface area (Å²) in [5.74, 6) is 0.256. The Kier molecular flexibility index (Phi) is 7.07. The van der Waals surface area contributed by atoms with Gasteiger partial charge in [-0.25, -0.2) is 0 Å². The van der Waals surface area contributed by atoms with Crippen LogP contribution in [0.1, 0.15) is 24.5 Å². The van der Waals surface area contributed by atoms with Crippen LogP contribution in [0.3, 0.4) is 0 Å². The molecule has 0 saturated carbocycles. The third-order valence-corrected chi connectivity index (χ3v) is 5.21. The van der Waals surface area contributed by atoms with Crippen LogP contribution in [0.2, 0.25) is 0 Å². The average molecular weight is 405 g/mol. The van der Waals surface area contributed by atoms with Crippen LogP contribution in [0.5, 0.6) is 5.75 Å². The number of hydrogen-bond donors (Lipinski definition) is 1. The number of amides is 2. The maximum Gasteiger partial charge on any atom is 0.261 e. The Hall–Kier alpha value is -3.34. The Morgan fingerprint density at radius 2 is 1.70 bits per heavy atom. The van der Waals surface area contributed by atoms with Gasteiger partial charge in [0, 0.05) is 19.0 Å². The molecule has 3 rings (SSSR count). The Morgan fingerprint density at radius 3 is 2.40 bits per heavy atom. The molecule has 0 aliphatic carbocycles. The number of nitrogens with zero attached hydrogens (tertiary/aromatic N) is 1. The van der Waals surface area contributed by atoms with Gasteiger partial charge in [0.2, 0.25) is 5.91 Å². The van der Waals surface area contributed by atoms with E-state index in [4.69, 9.17) is 4.74 Å². The van der Waals surface area contributed by atoms with Crippen LogP contribution >= 0.6 is 0 Å². The van der Waals surface area contributed by atoms with Crippen molar-refractivity contribution in [3.63, 3.8) is 0 Å². The van der Waals surface area contributed by atoms with E-state index in [0.29, 0.717) is 18.7 Å². The number of hydrogen-bond acceptors (Lipinski definition) is 3. The zero-order chi connectivity index (χ0) is 21.5. The Morgan fingerprint density at radius 1 is 1.00 bits per heavy atom. The van der Waals surface area contributed by atoms with Crippen molar-refractivity contribution in [3.05, 3.63) is 77.9 Å². The smallest absolute Gasteiger partial charge is 0.261 e. The van der Waals surface area contributed by atoms with Gasteiger partial charge < -0.3 is 15.0 Å². The lowest BCUT2D eigenvalue weighted by Gasteiger charge is -2.30. The van der Waals surface area contributed by atoms with E-state index in [1.165, 1.54) is 0 Å². The van der Waals surface area contributed by atoms with E-state index in [1.54, 1.807) is 11.9 Å². The summed E-state index contributed by atoms with van der Waals surface area (Å²) in [5.41, 5.74) is 2.12. The number of ether oxygens (including phenoxy) is 1. The first-order chi connectivity index (χ1) is 14.5. The second kappa shape index (κ2) is 9.92. The third kappa shape index (κ3) is 4.98. The minimum Gasteiger partial charge on any atom is -0.483 e. The van der Waals surface area contributed by atoms with Crippen molar-refractivity contribution < 1.29 is 14.3 Å². The Labute approximate surface area is 177 Å². The van der Waals surface area contributed by atoms with Crippen LogP contribution in [0, 0.1) is 6.92 Å². The zero-order valence-corrected chi connectivity index (χ0v) is 17.7. The molecule has 1 atom stereocenters. The molecule has 0 radical (unpaired) electrons. The van der Waals surface area contributed by atoms with E-state index in [9.17, 15) is 9.59 Å². The average Bonchev–Trinajstić information content (AvgIpc) is 2.78. The number of benzene rings is 3. The van der Waals surface area contributed by atoms with Crippen molar-refractivity contribution in [3.8, 4) is 5.75 Å². The first kappa shape index (κ1) is 21.4. The van der Waals surface area contributed by atoms with Crippen LogP contribution in [0.25, 0.3) is 10.8 Å². The van der Waals surface area contributed by atoms with Gasteiger partial charge in [-0.1, -0.05) is 73.2 Å². The first-order valence-electron chi connectivity index (χ1n) is 10.2. The molecule has 3 aromatic carbocycles. The topological polar surface area (TPSA) is 58.6 Å². The van der Waals surface area contributed by atoms with Crippen LogP contribution in [0.4, 0.5) is 0 Å². The second-order valence-electron chi connectivity index (χ2n) is 7.31. The monoisotopic (exact) mass is 404 g/mol. The van der Waals surface area contributed by atoms with Gasteiger partial charge in [0.05, 0.1) is 0 Å². The number of carbonyl (C=O) groups is 2. The van der Waals surface area contributed by atoms with Crippen LogP contribution < -0.4 is 10.1 Å². The van der Waals surface area contributed by atoms with Gasteiger partial charge in [-0.15, -0.1) is 0 Å². The highest BCUT2D eigenvalue weighted by molar-refractivity contribution is 5.90. The number of aryl methyl sites for hydroxylation is 1. The summed E-state index contributed by atoms with van der Waals surface area (Å²) in [5, 5.41) is 4.68. The molecule has 0 bridgehead atoms. The molecule has 30 heavy (non-hydrogen) atoms. The van der Waals surface area contributed by atoms with Crippen molar-refractivity contribution in [1.82, 2.24) is 10.2 Å². The molecule has 0 heterocycles. The molecular weight excluding hydrogens is 376 g/mol. The van der Waals surface area contributed by atoms with E-state index < -0.39 is 6.04 Å². The number of carbonyl (C=O) groups excluding carboxylic acids is 2. The van der Waals surface area contributed by atoms with Crippen LogP contribution in [-0.4, -0.2) is 36.4 Å². The number of nitrogens with one attached hydrogen (secondary N) is 1. The normalized spacial score (nSPS) is 11.7. The number of rotatable bonds is 8. The van der Waals surface area contributed by atoms with E-state index in [-0.39, 0.29) is 18.4 Å². The fourth-order valence-electron chi connectivity index (χ4n) is 3.52. The summed E-state index contributed by atoms with van der Waals surface area (Å²) in [4.78, 5) is 27.2. The maximum absolute atomic E-state index is 13.2. The second-order valence-corrected chi connectivity index (χ2v) is 7.31. The summed E-state index contributed by atoms with van der Waals surface area (Å²) < 4.78 is 5.90. The quantitative estimate of drug-likeness (QED) is 0.615. The minimum absolute atomic E-state index is 0.132. The Bertz CT molecular complexity index is 1010. The lowest BCUT2D eigenvalue weighted by atomic mass is 10.1. The van der Waals surface area contributed by atoms with Crippen molar-refractivity contribution in [1.29, 1.82) is 0 Å². The largest absolute Gasteiger partial charge is 0.483 e. The molecule has 5 nitrogen and oxygen atoms in total. The van der Waals surface area contributed by atoms with Gasteiger partial charge in [-0.05, 0) is 30.4 Å². The van der Waals surface area contributed by atoms with Crippen molar-refractivity contribution in [2.24, 2.45) is 0 Å². The fraction of sp³-hybridized carbons (Fsp3) is 0.280. The van der Waals surface area contributed by atoms with Gasteiger partial charge in [-0.2, -0.15) is 0 Å². The highest BCUT2D eigenvalue weighted by atomic mass is 16.5.